The van der Waals surface area contributed by atoms with Crippen LogP contribution in [0.2, 0.25) is 0 Å². The molecule has 5 heteroatoms. The first-order valence-electron chi connectivity index (χ1n) is 8.81. The fourth-order valence-electron chi connectivity index (χ4n) is 5.21. The van der Waals surface area contributed by atoms with Crippen LogP contribution in [0.5, 0.6) is 0 Å². The van der Waals surface area contributed by atoms with Gasteiger partial charge in [0.25, 0.3) is 0 Å². The van der Waals surface area contributed by atoms with Gasteiger partial charge in [-0.3, -0.25) is 0 Å². The Morgan fingerprint density at radius 2 is 2.00 bits per heavy atom. The molecule has 1 heterocycles. The van der Waals surface area contributed by atoms with Crippen molar-refractivity contribution in [1.82, 2.24) is 3.53 Å². The van der Waals surface area contributed by atoms with E-state index >= 15 is 0 Å². The number of nitrogens with one attached hydrogen (secondary N) is 1. The van der Waals surface area contributed by atoms with E-state index in [1.165, 1.54) is 44.9 Å². The Balaban J connectivity index is 1.54. The number of halogens is 2. The van der Waals surface area contributed by atoms with Crippen molar-refractivity contribution in [3.05, 3.63) is 0 Å². The fraction of sp³-hybridized carbons (Fsp3) is 0.941. The molecule has 5 unspecified atom stereocenters. The number of fused-ring (bicyclic) bond motifs is 2. The van der Waals surface area contributed by atoms with Gasteiger partial charge in [0.1, 0.15) is 0 Å². The maximum atomic E-state index is 12.9. The van der Waals surface area contributed by atoms with Crippen LogP contribution in [0.1, 0.15) is 64.7 Å². The van der Waals surface area contributed by atoms with Gasteiger partial charge in [-0.25, -0.2) is 0 Å². The van der Waals surface area contributed by atoms with Crippen molar-refractivity contribution < 1.29 is 31.0 Å². The summed E-state index contributed by atoms with van der Waals surface area (Å²) in [7, 11) is 0. The van der Waals surface area contributed by atoms with Gasteiger partial charge in [0.15, 0.2) is 0 Å². The molecule has 0 amide bonds. The second-order valence-corrected chi connectivity index (χ2v) is 12.7. The number of hydrogen-bond acceptors (Lipinski definition) is 3. The molecule has 126 valence electrons. The van der Waals surface area contributed by atoms with Crippen molar-refractivity contribution in [2.45, 2.75) is 77.8 Å². The number of hydrogen-bond donors (Lipinski definition) is 1. The molecule has 3 aliphatic carbocycles. The molecule has 1 aliphatic heterocycles. The van der Waals surface area contributed by atoms with Crippen LogP contribution >= 0.6 is 22.6 Å². The Morgan fingerprint density at radius 1 is 1.27 bits per heavy atom. The van der Waals surface area contributed by atoms with Crippen LogP contribution in [0.25, 0.3) is 0 Å². The Kier molecular flexibility index (Phi) is 4.47. The third-order valence-corrected chi connectivity index (χ3v) is 11.2. The second kappa shape index (κ2) is 6.00. The summed E-state index contributed by atoms with van der Waals surface area (Å²) in [5, 5.41) is 0. The molecule has 3 saturated carbocycles. The third-order valence-electron chi connectivity index (χ3n) is 6.50. The Hall–Kier alpha value is 0.890. The molecule has 1 N–H and O–H groups in total. The van der Waals surface area contributed by atoms with Gasteiger partial charge in [-0.15, -0.1) is 0 Å². The third kappa shape index (κ3) is 2.85. The zero-order chi connectivity index (χ0) is 15.4. The van der Waals surface area contributed by atoms with Gasteiger partial charge in [-0.05, 0) is 0 Å². The normalized spacial score (nSPS) is 42.3. The first-order valence-corrected chi connectivity index (χ1v) is 12.2. The minimum absolute atomic E-state index is 0.0347. The summed E-state index contributed by atoms with van der Waals surface area (Å²) in [4.78, 5) is 12.9. The zero-order valence-electron chi connectivity index (χ0n) is 13.2. The van der Waals surface area contributed by atoms with Crippen LogP contribution in [0.4, 0.5) is 0 Å². The molecule has 4 aliphatic rings. The van der Waals surface area contributed by atoms with Gasteiger partial charge in [0, 0.05) is 0 Å². The number of rotatable bonds is 4. The average Bonchev–Trinajstić information content (AvgIpc) is 3.17. The van der Waals surface area contributed by atoms with Crippen LogP contribution in [0, 0.1) is 17.8 Å². The number of carbonyl (C=O) groups excluding carboxylic acids is 1. The van der Waals surface area contributed by atoms with Crippen LogP contribution < -0.4 is 25.0 Å². The van der Waals surface area contributed by atoms with Crippen LogP contribution in [0.3, 0.4) is 0 Å². The molecule has 0 aromatic heterocycles. The molecule has 4 fully saturated rings. The van der Waals surface area contributed by atoms with Crippen molar-refractivity contribution in [3.63, 3.8) is 0 Å². The fourth-order valence-corrected chi connectivity index (χ4v) is 8.51. The van der Waals surface area contributed by atoms with Gasteiger partial charge in [-0.2, -0.15) is 0 Å². The maximum absolute atomic E-state index is 12.9. The molecule has 1 saturated heterocycles. The van der Waals surface area contributed by atoms with E-state index in [-0.39, 0.29) is 36.5 Å². The van der Waals surface area contributed by atoms with Gasteiger partial charge in [-0.1, -0.05) is 0 Å². The first kappa shape index (κ1) is 16.4. The monoisotopic (exact) mass is 530 g/mol. The van der Waals surface area contributed by atoms with E-state index < -0.39 is 0 Å². The summed E-state index contributed by atoms with van der Waals surface area (Å²) >= 11 is 2.37. The van der Waals surface area contributed by atoms with Gasteiger partial charge < -0.3 is 0 Å². The standard InChI is InChI=1S/C17H26I2NO2/c1-16(18,14-19-20-14)15(21)22-17(7-3-2-4-8-17)13-10-11-5-6-12(13)9-11/h11-14,20H,2-10H2,1H3/q-1. The van der Waals surface area contributed by atoms with Crippen molar-refractivity contribution in [3.8, 4) is 0 Å². The van der Waals surface area contributed by atoms with E-state index in [1.54, 1.807) is 0 Å². The molecule has 3 nitrogen and oxygen atoms in total. The van der Waals surface area contributed by atoms with E-state index in [0.717, 1.165) is 24.7 Å². The van der Waals surface area contributed by atoms with E-state index in [2.05, 4.69) is 33.0 Å². The number of ether oxygens (including phenoxy) is 1. The predicted molar refractivity (Wildman–Crippen MR) is 90.2 cm³/mol. The molecule has 0 spiro atoms. The number of carbonyl (C=O) groups is 1. The average molecular weight is 530 g/mol. The second-order valence-electron chi connectivity index (χ2n) is 7.95. The first-order chi connectivity index (χ1) is 10.5. The molecule has 0 radical (unpaired) electrons. The minimum atomic E-state index is -0.354. The number of alkyl halides is 2. The molecule has 0 aromatic carbocycles. The zero-order valence-corrected chi connectivity index (χ0v) is 17.6. The molecule has 0 aromatic rings. The summed E-state index contributed by atoms with van der Waals surface area (Å²) in [5.41, 5.74) is -0.116. The van der Waals surface area contributed by atoms with Crippen LogP contribution in [-0.4, -0.2) is 19.0 Å². The summed E-state index contributed by atoms with van der Waals surface area (Å²) in [6.07, 6.45) is 11.6. The Labute approximate surface area is 157 Å². The van der Waals surface area contributed by atoms with Gasteiger partial charge in [0.05, 0.1) is 0 Å². The van der Waals surface area contributed by atoms with Gasteiger partial charge in [0.2, 0.25) is 0 Å². The number of esters is 1. The van der Waals surface area contributed by atoms with Crippen molar-refractivity contribution in [1.29, 1.82) is 0 Å². The molecular formula is C17H26I2NO2-. The van der Waals surface area contributed by atoms with Crippen molar-refractivity contribution in [2.24, 2.45) is 17.8 Å². The Bertz CT molecular complexity index is 458. The summed E-state index contributed by atoms with van der Waals surface area (Å²) in [6, 6.07) is 0. The van der Waals surface area contributed by atoms with Crippen LogP contribution in [-0.2, 0) is 9.53 Å². The van der Waals surface area contributed by atoms with E-state index in [4.69, 9.17) is 4.74 Å². The summed E-state index contributed by atoms with van der Waals surface area (Å²) in [6.45, 7) is 2.07. The van der Waals surface area contributed by atoms with Crippen molar-refractivity contribution >= 4 is 28.6 Å². The van der Waals surface area contributed by atoms with Crippen LogP contribution in [0.15, 0.2) is 0 Å². The van der Waals surface area contributed by atoms with E-state index in [0.29, 0.717) is 9.97 Å². The molecule has 22 heavy (non-hydrogen) atoms. The molecule has 4 rings (SSSR count). The molecule has 5 atom stereocenters. The molecule has 2 bridgehead atoms. The van der Waals surface area contributed by atoms with Crippen molar-refractivity contribution in [2.75, 3.05) is 0 Å². The summed E-state index contributed by atoms with van der Waals surface area (Å²) < 4.78 is 9.88. The SMILES string of the molecule is CC(I)(C(=O)OC1(C2CC3CCC2C3)CCCCC1)C1N[I-]1. The molecular weight excluding hydrogens is 504 g/mol. The predicted octanol–water partition coefficient (Wildman–Crippen LogP) is 0.796. The summed E-state index contributed by atoms with van der Waals surface area (Å²) in [5.74, 6) is 2.48. The quantitative estimate of drug-likeness (QED) is 0.146. The topological polar surface area (TPSA) is 48.2 Å². The van der Waals surface area contributed by atoms with E-state index in [1.807, 2.05) is 0 Å². The Morgan fingerprint density at radius 3 is 2.55 bits per heavy atom. The van der Waals surface area contributed by atoms with Gasteiger partial charge >= 0.3 is 159 Å². The van der Waals surface area contributed by atoms with E-state index in [9.17, 15) is 4.79 Å².